The van der Waals surface area contributed by atoms with Gasteiger partial charge in [-0.25, -0.2) is 9.97 Å². The second-order valence-corrected chi connectivity index (χ2v) is 15.1. The molecule has 8 bridgehead atoms. The standard InChI is InChI=1S/C46H36N6O4S/c1-23-25(14-17-41(53)55-3)35-21-37-31-13-16-32-46(52-57-51-32)45(31)40(49-37)22-36-26(15-18-42(54)56-4)24(2)34(48-36)20-39-44-30-12-8-6-10-28(30)27-9-5-7-11-29(27)43(44)38(50-39)19-33(23)47-35/h5-13,16,19-22,49-50H,14-15,17-18H2,1-4H3. The Morgan fingerprint density at radius 2 is 1.04 bits per heavy atom. The molecular formula is C46H36N6O4S. The Morgan fingerprint density at radius 3 is 1.58 bits per heavy atom. The maximum atomic E-state index is 12.5. The van der Waals surface area contributed by atoms with Crippen LogP contribution in [0.3, 0.4) is 0 Å². The molecule has 0 amide bonds. The third-order valence-electron chi connectivity index (χ3n) is 11.5. The van der Waals surface area contributed by atoms with Gasteiger partial charge in [0.15, 0.2) is 0 Å². The second-order valence-electron chi connectivity index (χ2n) is 14.6. The SMILES string of the molecule is COC(=O)CCC1=C(C)c2cc3[nH]c(cc4nc(cc5[nH]c(cc1n2)c1ccc2nsnc2c51)C(CCC(=O)OC)=C4C)c1c2ccccc2c2ccccc2c31. The van der Waals surface area contributed by atoms with E-state index in [4.69, 9.17) is 23.8 Å². The summed E-state index contributed by atoms with van der Waals surface area (Å²) in [4.78, 5) is 43.2. The Balaban J connectivity index is 1.39. The number of carbonyl (C=O) groups is 2. The molecule has 0 saturated carbocycles. The number of nitrogens with one attached hydrogen (secondary N) is 2. The number of allylic oxidation sites excluding steroid dienone is 4. The molecule has 0 atom stereocenters. The van der Waals surface area contributed by atoms with Gasteiger partial charge in [0.2, 0.25) is 0 Å². The van der Waals surface area contributed by atoms with Crippen molar-refractivity contribution in [2.45, 2.75) is 39.5 Å². The van der Waals surface area contributed by atoms with E-state index in [0.717, 1.165) is 121 Å². The maximum Gasteiger partial charge on any atom is 0.305 e. The first-order valence-electron chi connectivity index (χ1n) is 18.9. The Labute approximate surface area is 330 Å². The zero-order valence-electron chi connectivity index (χ0n) is 31.7. The monoisotopic (exact) mass is 768 g/mol. The first-order valence-corrected chi connectivity index (χ1v) is 19.6. The molecule has 2 N–H and O–H groups in total. The van der Waals surface area contributed by atoms with Gasteiger partial charge in [-0.15, -0.1) is 0 Å². The van der Waals surface area contributed by atoms with E-state index in [1.165, 1.54) is 25.9 Å². The summed E-state index contributed by atoms with van der Waals surface area (Å²) in [6, 6.07) is 29.5. The quantitative estimate of drug-likeness (QED) is 0.126. The van der Waals surface area contributed by atoms with Gasteiger partial charge in [-0.1, -0.05) is 48.5 Å². The van der Waals surface area contributed by atoms with Crippen LogP contribution in [0, 0.1) is 0 Å². The molecule has 0 spiro atoms. The summed E-state index contributed by atoms with van der Waals surface area (Å²) in [7, 11) is 2.83. The topological polar surface area (TPSA) is 136 Å². The van der Waals surface area contributed by atoms with Crippen LogP contribution in [-0.4, -0.2) is 54.8 Å². The number of hydrogen-bond acceptors (Lipinski definition) is 9. The van der Waals surface area contributed by atoms with E-state index in [1.54, 1.807) is 0 Å². The molecule has 8 aromatic rings. The van der Waals surface area contributed by atoms with Crippen molar-refractivity contribution in [3.05, 3.63) is 108 Å². The minimum absolute atomic E-state index is 0.216. The van der Waals surface area contributed by atoms with Gasteiger partial charge in [0.1, 0.15) is 11.0 Å². The largest absolute Gasteiger partial charge is 0.469 e. The molecule has 0 saturated heterocycles. The van der Waals surface area contributed by atoms with Crippen LogP contribution in [0.2, 0.25) is 0 Å². The van der Waals surface area contributed by atoms with E-state index in [9.17, 15) is 9.59 Å². The maximum absolute atomic E-state index is 12.5. The third-order valence-corrected chi connectivity index (χ3v) is 12.1. The summed E-state index contributed by atoms with van der Waals surface area (Å²) in [5.41, 5.74) is 12.2. The van der Waals surface area contributed by atoms with E-state index in [2.05, 4.69) is 107 Å². The molecule has 0 fully saturated rings. The van der Waals surface area contributed by atoms with Gasteiger partial charge in [0.25, 0.3) is 0 Å². The fourth-order valence-electron chi connectivity index (χ4n) is 8.64. The van der Waals surface area contributed by atoms with Gasteiger partial charge in [-0.3, -0.25) is 9.59 Å². The number of esters is 2. The number of H-pyrrole nitrogens is 2. The van der Waals surface area contributed by atoms with Gasteiger partial charge >= 0.3 is 11.9 Å². The first kappa shape index (κ1) is 34.7. The molecule has 0 aliphatic carbocycles. The smallest absolute Gasteiger partial charge is 0.305 e. The molecule has 4 aromatic carbocycles. The van der Waals surface area contributed by atoms with Gasteiger partial charge in [0.05, 0.1) is 54.2 Å². The van der Waals surface area contributed by atoms with E-state index < -0.39 is 0 Å². The normalized spacial score (nSPS) is 13.2. The molecule has 10 rings (SSSR count). The number of rotatable bonds is 6. The van der Waals surface area contributed by atoms with Crippen LogP contribution in [0.15, 0.2) is 84.9 Å². The lowest BCUT2D eigenvalue weighted by Gasteiger charge is -2.07. The average Bonchev–Trinajstić information content (AvgIpc) is 4.04. The lowest BCUT2D eigenvalue weighted by Crippen LogP contribution is -2.00. The predicted octanol–water partition coefficient (Wildman–Crippen LogP) is 10.7. The molecule has 4 aromatic heterocycles. The van der Waals surface area contributed by atoms with E-state index in [0.29, 0.717) is 12.8 Å². The van der Waals surface area contributed by atoms with Crippen LogP contribution < -0.4 is 0 Å². The number of methoxy groups -OCH3 is 2. The lowest BCUT2D eigenvalue weighted by molar-refractivity contribution is -0.141. The van der Waals surface area contributed by atoms with Crippen molar-refractivity contribution in [1.29, 1.82) is 0 Å². The summed E-state index contributed by atoms with van der Waals surface area (Å²) in [5, 5.41) is 8.63. The number of aromatic nitrogens is 6. The number of carbonyl (C=O) groups excluding carboxylic acids is 2. The molecule has 57 heavy (non-hydrogen) atoms. The van der Waals surface area contributed by atoms with Crippen LogP contribution in [0.4, 0.5) is 0 Å². The molecule has 280 valence electrons. The molecular weight excluding hydrogens is 733 g/mol. The van der Waals surface area contributed by atoms with Crippen LogP contribution in [0.1, 0.15) is 62.3 Å². The highest BCUT2D eigenvalue weighted by Gasteiger charge is 2.23. The Bertz CT molecular complexity index is 3300. The zero-order chi connectivity index (χ0) is 38.9. The van der Waals surface area contributed by atoms with Crippen molar-refractivity contribution in [2.75, 3.05) is 14.2 Å². The van der Waals surface area contributed by atoms with Crippen LogP contribution >= 0.6 is 11.7 Å². The highest BCUT2D eigenvalue weighted by molar-refractivity contribution is 7.00. The minimum Gasteiger partial charge on any atom is -0.469 e. The van der Waals surface area contributed by atoms with Crippen molar-refractivity contribution >= 4 is 122 Å². The van der Waals surface area contributed by atoms with Crippen molar-refractivity contribution < 1.29 is 19.1 Å². The molecule has 0 radical (unpaired) electrons. The zero-order valence-corrected chi connectivity index (χ0v) is 32.6. The fourth-order valence-corrected chi connectivity index (χ4v) is 9.19. The predicted molar refractivity (Wildman–Crippen MR) is 229 cm³/mol. The number of hydrogen-bond donors (Lipinski definition) is 2. The summed E-state index contributed by atoms with van der Waals surface area (Å²) >= 11 is 1.18. The molecule has 6 heterocycles. The molecule has 2 aliphatic heterocycles. The number of nitrogens with zero attached hydrogens (tertiary/aromatic N) is 4. The average molecular weight is 769 g/mol. The Hall–Kier alpha value is -6.72. The summed E-state index contributed by atoms with van der Waals surface area (Å²) < 4.78 is 19.4. The molecule has 10 nitrogen and oxygen atoms in total. The highest BCUT2D eigenvalue weighted by Crippen LogP contribution is 2.43. The number of benzene rings is 4. The minimum atomic E-state index is -0.281. The highest BCUT2D eigenvalue weighted by atomic mass is 32.1. The van der Waals surface area contributed by atoms with Crippen LogP contribution in [0.25, 0.3) is 98.5 Å². The molecule has 2 aliphatic rings. The summed E-state index contributed by atoms with van der Waals surface area (Å²) in [6.07, 6.45) is 1.35. The summed E-state index contributed by atoms with van der Waals surface area (Å²) in [5.74, 6) is -0.559. The lowest BCUT2D eigenvalue weighted by atomic mass is 9.95. The first-order chi connectivity index (χ1) is 27.8. The van der Waals surface area contributed by atoms with Gasteiger partial charge < -0.3 is 19.4 Å². The van der Waals surface area contributed by atoms with E-state index in [1.807, 2.05) is 6.07 Å². The van der Waals surface area contributed by atoms with Crippen molar-refractivity contribution in [3.8, 4) is 0 Å². The van der Waals surface area contributed by atoms with Crippen molar-refractivity contribution in [2.24, 2.45) is 0 Å². The van der Waals surface area contributed by atoms with Crippen molar-refractivity contribution in [1.82, 2.24) is 28.7 Å². The molecule has 0 unspecified atom stereocenters. The van der Waals surface area contributed by atoms with Crippen LogP contribution in [0.5, 0.6) is 0 Å². The van der Waals surface area contributed by atoms with Gasteiger partial charge in [0, 0.05) is 50.9 Å². The number of ether oxygens (including phenoxy) is 2. The van der Waals surface area contributed by atoms with Crippen molar-refractivity contribution in [3.63, 3.8) is 0 Å². The Morgan fingerprint density at radius 1 is 0.561 bits per heavy atom. The summed E-state index contributed by atoms with van der Waals surface area (Å²) in [6.45, 7) is 4.15. The number of fused-ring (bicyclic) bond motifs is 21. The van der Waals surface area contributed by atoms with Gasteiger partial charge in [-0.2, -0.15) is 8.75 Å². The van der Waals surface area contributed by atoms with E-state index >= 15 is 0 Å². The Kier molecular flexibility index (Phi) is 8.22. The second kappa shape index (κ2) is 13.5. The third kappa shape index (κ3) is 5.60. The van der Waals surface area contributed by atoms with Gasteiger partial charge in [-0.05, 0) is 107 Å². The fraction of sp³-hybridized carbons (Fsp3) is 0.174. The van der Waals surface area contributed by atoms with E-state index in [-0.39, 0.29) is 24.8 Å². The molecule has 11 heteroatoms. The van der Waals surface area contributed by atoms with Crippen LogP contribution in [-0.2, 0) is 19.1 Å². The number of aromatic amines is 2.